The Hall–Kier alpha value is -2.41. The molecule has 0 aliphatic heterocycles. The van der Waals surface area contributed by atoms with Crippen LogP contribution in [0.4, 0.5) is 10.1 Å². The van der Waals surface area contributed by atoms with E-state index in [-0.39, 0.29) is 6.04 Å². The molecule has 1 aromatic heterocycles. The molecule has 3 nitrogen and oxygen atoms in total. The van der Waals surface area contributed by atoms with Gasteiger partial charge in [-0.05, 0) is 42.7 Å². The van der Waals surface area contributed by atoms with Crippen molar-refractivity contribution in [2.24, 2.45) is 0 Å². The van der Waals surface area contributed by atoms with Crippen molar-refractivity contribution in [2.75, 3.05) is 5.32 Å². The summed E-state index contributed by atoms with van der Waals surface area (Å²) in [6.45, 7) is 0. The van der Waals surface area contributed by atoms with Crippen LogP contribution < -0.4 is 5.32 Å². The van der Waals surface area contributed by atoms with Crippen molar-refractivity contribution in [1.82, 2.24) is 4.98 Å². The van der Waals surface area contributed by atoms with E-state index in [1.165, 1.54) is 17.7 Å². The molecule has 1 atom stereocenters. The number of rotatable bonds is 2. The first-order valence-electron chi connectivity index (χ1n) is 6.18. The summed E-state index contributed by atoms with van der Waals surface area (Å²) < 4.78 is 13.1. The van der Waals surface area contributed by atoms with E-state index < -0.39 is 5.82 Å². The lowest BCUT2D eigenvalue weighted by atomic mass is 10.1. The molecule has 94 valence electrons. The van der Waals surface area contributed by atoms with Gasteiger partial charge >= 0.3 is 0 Å². The first kappa shape index (κ1) is 11.7. The molecule has 1 aliphatic carbocycles. The van der Waals surface area contributed by atoms with Crippen LogP contribution in [-0.2, 0) is 6.42 Å². The third-order valence-corrected chi connectivity index (χ3v) is 3.39. The maximum absolute atomic E-state index is 13.1. The highest BCUT2D eigenvalue weighted by Crippen LogP contribution is 2.32. The summed E-state index contributed by atoms with van der Waals surface area (Å²) in [6, 6.07) is 10.3. The Labute approximate surface area is 110 Å². The van der Waals surface area contributed by atoms with Crippen LogP contribution >= 0.6 is 0 Å². The van der Waals surface area contributed by atoms with Gasteiger partial charge in [0.05, 0.1) is 23.0 Å². The topological polar surface area (TPSA) is 48.7 Å². The number of hydrogen-bond acceptors (Lipinski definition) is 3. The van der Waals surface area contributed by atoms with Crippen molar-refractivity contribution < 1.29 is 4.39 Å². The van der Waals surface area contributed by atoms with E-state index in [0.29, 0.717) is 11.3 Å². The highest BCUT2D eigenvalue weighted by atomic mass is 19.1. The Morgan fingerprint density at radius 1 is 1.37 bits per heavy atom. The average molecular weight is 253 g/mol. The Morgan fingerprint density at radius 3 is 3.11 bits per heavy atom. The van der Waals surface area contributed by atoms with E-state index in [1.54, 1.807) is 12.3 Å². The van der Waals surface area contributed by atoms with E-state index in [2.05, 4.69) is 16.4 Å². The number of nitriles is 1. The molecule has 4 heteroatoms. The molecule has 1 N–H and O–H groups in total. The molecule has 0 amide bonds. The average Bonchev–Trinajstić information content (AvgIpc) is 2.84. The largest absolute Gasteiger partial charge is 0.376 e. The predicted molar refractivity (Wildman–Crippen MR) is 70.0 cm³/mol. The smallest absolute Gasteiger partial charge is 0.124 e. The third-order valence-electron chi connectivity index (χ3n) is 3.39. The van der Waals surface area contributed by atoms with Crippen LogP contribution in [0.1, 0.15) is 29.3 Å². The van der Waals surface area contributed by atoms with Gasteiger partial charge in [0.25, 0.3) is 0 Å². The standard InChI is InChI=1S/C15H12FN3/c16-12-4-6-13(11(8-12)9-17)19-14-5-3-10-2-1-7-18-15(10)14/h1-2,4,6-8,14,19H,3,5H2. The van der Waals surface area contributed by atoms with Crippen LogP contribution in [0.3, 0.4) is 0 Å². The summed E-state index contributed by atoms with van der Waals surface area (Å²) >= 11 is 0. The lowest BCUT2D eigenvalue weighted by Gasteiger charge is -2.15. The van der Waals surface area contributed by atoms with Gasteiger partial charge in [0.2, 0.25) is 0 Å². The number of nitrogens with one attached hydrogen (secondary N) is 1. The number of halogens is 1. The van der Waals surface area contributed by atoms with Gasteiger partial charge in [-0.2, -0.15) is 5.26 Å². The minimum absolute atomic E-state index is 0.0914. The normalized spacial score (nSPS) is 16.7. The van der Waals surface area contributed by atoms with Crippen molar-refractivity contribution in [2.45, 2.75) is 18.9 Å². The van der Waals surface area contributed by atoms with E-state index in [0.717, 1.165) is 18.5 Å². The number of hydrogen-bond donors (Lipinski definition) is 1. The lowest BCUT2D eigenvalue weighted by molar-refractivity contribution is 0.627. The molecule has 0 saturated heterocycles. The van der Waals surface area contributed by atoms with Crippen molar-refractivity contribution in [1.29, 1.82) is 5.26 Å². The number of fused-ring (bicyclic) bond motifs is 1. The maximum Gasteiger partial charge on any atom is 0.124 e. The molecular formula is C15H12FN3. The fourth-order valence-corrected chi connectivity index (χ4v) is 2.48. The van der Waals surface area contributed by atoms with Crippen LogP contribution in [-0.4, -0.2) is 4.98 Å². The van der Waals surface area contributed by atoms with Gasteiger partial charge in [0, 0.05) is 6.20 Å². The molecule has 3 rings (SSSR count). The highest BCUT2D eigenvalue weighted by Gasteiger charge is 2.23. The second-order valence-electron chi connectivity index (χ2n) is 4.59. The zero-order valence-electron chi connectivity index (χ0n) is 10.2. The van der Waals surface area contributed by atoms with Crippen LogP contribution in [0.25, 0.3) is 0 Å². The second kappa shape index (κ2) is 4.69. The fraction of sp³-hybridized carbons (Fsp3) is 0.200. The number of nitrogens with zero attached hydrogens (tertiary/aromatic N) is 2. The number of pyridine rings is 1. The Bertz CT molecular complexity index is 661. The lowest BCUT2D eigenvalue weighted by Crippen LogP contribution is -2.09. The minimum atomic E-state index is -0.396. The van der Waals surface area contributed by atoms with Crippen LogP contribution in [0.5, 0.6) is 0 Å². The highest BCUT2D eigenvalue weighted by molar-refractivity contribution is 5.58. The fourth-order valence-electron chi connectivity index (χ4n) is 2.48. The molecule has 0 fully saturated rings. The van der Waals surface area contributed by atoms with Gasteiger partial charge in [0.1, 0.15) is 11.9 Å². The summed E-state index contributed by atoms with van der Waals surface area (Å²) in [7, 11) is 0. The summed E-state index contributed by atoms with van der Waals surface area (Å²) in [5, 5.41) is 12.3. The zero-order chi connectivity index (χ0) is 13.2. The third kappa shape index (κ3) is 2.15. The molecule has 0 saturated carbocycles. The molecule has 0 spiro atoms. The molecule has 0 bridgehead atoms. The summed E-state index contributed by atoms with van der Waals surface area (Å²) in [6.07, 6.45) is 3.69. The number of aromatic nitrogens is 1. The number of anilines is 1. The van der Waals surface area contributed by atoms with E-state index in [1.807, 2.05) is 12.1 Å². The first-order chi connectivity index (χ1) is 9.28. The number of benzene rings is 1. The molecule has 1 aliphatic rings. The first-order valence-corrected chi connectivity index (χ1v) is 6.18. The Morgan fingerprint density at radius 2 is 2.26 bits per heavy atom. The number of aryl methyl sites for hydroxylation is 1. The molecule has 1 heterocycles. The van der Waals surface area contributed by atoms with Gasteiger partial charge in [0.15, 0.2) is 0 Å². The van der Waals surface area contributed by atoms with Crippen molar-refractivity contribution in [3.8, 4) is 6.07 Å². The SMILES string of the molecule is N#Cc1cc(F)ccc1NC1CCc2cccnc21. The zero-order valence-corrected chi connectivity index (χ0v) is 10.2. The predicted octanol–water partition coefficient (Wildman–Crippen LogP) is 3.19. The van der Waals surface area contributed by atoms with E-state index >= 15 is 0 Å². The minimum Gasteiger partial charge on any atom is -0.376 e. The molecule has 1 unspecified atom stereocenters. The van der Waals surface area contributed by atoms with Crippen LogP contribution in [0.2, 0.25) is 0 Å². The van der Waals surface area contributed by atoms with Crippen LogP contribution in [0.15, 0.2) is 36.5 Å². The Kier molecular flexibility index (Phi) is 2.88. The second-order valence-corrected chi connectivity index (χ2v) is 4.59. The molecule has 19 heavy (non-hydrogen) atoms. The van der Waals surface area contributed by atoms with E-state index in [4.69, 9.17) is 5.26 Å². The molecule has 2 aromatic rings. The van der Waals surface area contributed by atoms with Gasteiger partial charge in [-0.25, -0.2) is 4.39 Å². The van der Waals surface area contributed by atoms with Crippen molar-refractivity contribution >= 4 is 5.69 Å². The van der Waals surface area contributed by atoms with Gasteiger partial charge in [-0.15, -0.1) is 0 Å². The van der Waals surface area contributed by atoms with Crippen LogP contribution in [0, 0.1) is 17.1 Å². The molecule has 0 radical (unpaired) electrons. The summed E-state index contributed by atoms with van der Waals surface area (Å²) in [4.78, 5) is 4.39. The summed E-state index contributed by atoms with van der Waals surface area (Å²) in [5.74, 6) is -0.396. The van der Waals surface area contributed by atoms with Gasteiger partial charge in [-0.1, -0.05) is 6.07 Å². The quantitative estimate of drug-likeness (QED) is 0.894. The van der Waals surface area contributed by atoms with Gasteiger partial charge in [-0.3, -0.25) is 4.98 Å². The summed E-state index contributed by atoms with van der Waals surface area (Å²) in [5.41, 5.74) is 3.24. The monoisotopic (exact) mass is 253 g/mol. The molecular weight excluding hydrogens is 241 g/mol. The molecule has 1 aromatic carbocycles. The Balaban J connectivity index is 1.90. The van der Waals surface area contributed by atoms with Crippen molar-refractivity contribution in [3.05, 3.63) is 59.2 Å². The van der Waals surface area contributed by atoms with Crippen molar-refractivity contribution in [3.63, 3.8) is 0 Å². The van der Waals surface area contributed by atoms with Gasteiger partial charge < -0.3 is 5.32 Å². The maximum atomic E-state index is 13.1. The van der Waals surface area contributed by atoms with E-state index in [9.17, 15) is 4.39 Å².